The molecule has 0 atom stereocenters. The summed E-state index contributed by atoms with van der Waals surface area (Å²) in [5.41, 5.74) is -1.00. The predicted octanol–water partition coefficient (Wildman–Crippen LogP) is 3.01. The molecule has 7 heteroatoms. The smallest absolute Gasteiger partial charge is 0.416 e. The Bertz CT molecular complexity index is 536. The van der Waals surface area contributed by atoms with Gasteiger partial charge in [-0.15, -0.1) is 0 Å². The van der Waals surface area contributed by atoms with Gasteiger partial charge < -0.3 is 10.4 Å². The van der Waals surface area contributed by atoms with Gasteiger partial charge in [-0.2, -0.15) is 13.2 Å². The number of amides is 1. The van der Waals surface area contributed by atoms with Crippen molar-refractivity contribution >= 4 is 11.9 Å². The second-order valence-corrected chi connectivity index (χ2v) is 5.70. The van der Waals surface area contributed by atoms with Crippen LogP contribution in [0.5, 0.6) is 0 Å². The van der Waals surface area contributed by atoms with E-state index in [-0.39, 0.29) is 25.2 Å². The number of hydrogen-bond donors (Lipinski definition) is 2. The van der Waals surface area contributed by atoms with Gasteiger partial charge in [-0.1, -0.05) is 12.1 Å². The van der Waals surface area contributed by atoms with Crippen molar-refractivity contribution in [1.82, 2.24) is 5.32 Å². The minimum absolute atomic E-state index is 0.0609. The summed E-state index contributed by atoms with van der Waals surface area (Å²) >= 11 is 0. The predicted molar refractivity (Wildman–Crippen MR) is 74.2 cm³/mol. The van der Waals surface area contributed by atoms with Crippen molar-refractivity contribution in [2.24, 2.45) is 0 Å². The zero-order valence-corrected chi connectivity index (χ0v) is 12.3. The number of carbonyl (C=O) groups excluding carboxylic acids is 1. The Morgan fingerprint density at radius 2 is 1.68 bits per heavy atom. The monoisotopic (exact) mass is 317 g/mol. The molecular formula is C15H18F3NO3. The van der Waals surface area contributed by atoms with Crippen LogP contribution in [0.25, 0.3) is 0 Å². The van der Waals surface area contributed by atoms with Crippen LogP contribution in [0.1, 0.15) is 37.8 Å². The summed E-state index contributed by atoms with van der Waals surface area (Å²) in [6.07, 6.45) is -4.27. The molecule has 0 fully saturated rings. The molecule has 0 saturated carbocycles. The molecule has 0 aliphatic heterocycles. The number of carbonyl (C=O) groups is 2. The first-order chi connectivity index (χ1) is 9.99. The molecule has 0 spiro atoms. The Balaban J connectivity index is 2.60. The summed E-state index contributed by atoms with van der Waals surface area (Å²) in [5, 5.41) is 11.3. The van der Waals surface area contributed by atoms with E-state index in [1.54, 1.807) is 13.8 Å². The number of carboxylic acids is 1. The molecule has 22 heavy (non-hydrogen) atoms. The van der Waals surface area contributed by atoms with Gasteiger partial charge in [0.2, 0.25) is 5.91 Å². The first-order valence-electron chi connectivity index (χ1n) is 6.68. The summed E-state index contributed by atoms with van der Waals surface area (Å²) < 4.78 is 37.3. The van der Waals surface area contributed by atoms with Crippen molar-refractivity contribution in [3.8, 4) is 0 Å². The molecule has 2 N–H and O–H groups in total. The van der Waals surface area contributed by atoms with Gasteiger partial charge >= 0.3 is 12.1 Å². The Labute approximate surface area is 126 Å². The van der Waals surface area contributed by atoms with Crippen LogP contribution in [0.2, 0.25) is 0 Å². The van der Waals surface area contributed by atoms with E-state index in [4.69, 9.17) is 5.11 Å². The van der Waals surface area contributed by atoms with Crippen molar-refractivity contribution < 1.29 is 27.9 Å². The van der Waals surface area contributed by atoms with E-state index in [1.165, 1.54) is 12.1 Å². The second kappa shape index (κ2) is 6.81. The second-order valence-electron chi connectivity index (χ2n) is 5.70. The highest BCUT2D eigenvalue weighted by Crippen LogP contribution is 2.29. The van der Waals surface area contributed by atoms with Gasteiger partial charge in [0.15, 0.2) is 0 Å². The summed E-state index contributed by atoms with van der Waals surface area (Å²) in [7, 11) is 0. The lowest BCUT2D eigenvalue weighted by Crippen LogP contribution is -2.44. The summed E-state index contributed by atoms with van der Waals surface area (Å²) in [6.45, 7) is 3.39. The SMILES string of the molecule is CC(C)(CCC(=O)O)NC(=O)Cc1ccc(C(F)(F)F)cc1. The maximum Gasteiger partial charge on any atom is 0.416 e. The molecule has 4 nitrogen and oxygen atoms in total. The standard InChI is InChI=1S/C15H18F3NO3/c1-14(2,8-7-13(21)22)19-12(20)9-10-3-5-11(6-4-10)15(16,17)18/h3-6H,7-9H2,1-2H3,(H,19,20)(H,21,22). The lowest BCUT2D eigenvalue weighted by molar-refractivity contribution is -0.138. The highest BCUT2D eigenvalue weighted by atomic mass is 19.4. The number of alkyl halides is 3. The fraction of sp³-hybridized carbons (Fsp3) is 0.467. The van der Waals surface area contributed by atoms with Crippen LogP contribution >= 0.6 is 0 Å². The van der Waals surface area contributed by atoms with Crippen LogP contribution < -0.4 is 5.32 Å². The summed E-state index contributed by atoms with van der Waals surface area (Å²) in [5.74, 6) is -1.32. The van der Waals surface area contributed by atoms with Gasteiger partial charge in [-0.3, -0.25) is 9.59 Å². The molecule has 0 aromatic heterocycles. The van der Waals surface area contributed by atoms with Gasteiger partial charge in [0, 0.05) is 12.0 Å². The topological polar surface area (TPSA) is 66.4 Å². The molecule has 0 aliphatic rings. The molecule has 1 amide bonds. The van der Waals surface area contributed by atoms with E-state index in [9.17, 15) is 22.8 Å². The molecule has 0 aliphatic carbocycles. The van der Waals surface area contributed by atoms with Crippen molar-refractivity contribution in [2.45, 2.75) is 44.8 Å². The molecule has 0 heterocycles. The normalized spacial score (nSPS) is 12.0. The number of nitrogens with one attached hydrogen (secondary N) is 1. The molecular weight excluding hydrogens is 299 g/mol. The van der Waals surface area contributed by atoms with Gasteiger partial charge in [0.1, 0.15) is 0 Å². The number of hydrogen-bond acceptors (Lipinski definition) is 2. The first-order valence-corrected chi connectivity index (χ1v) is 6.68. The number of rotatable bonds is 6. The Morgan fingerprint density at radius 1 is 1.14 bits per heavy atom. The van der Waals surface area contributed by atoms with Gasteiger partial charge in [0.25, 0.3) is 0 Å². The average molecular weight is 317 g/mol. The molecule has 0 saturated heterocycles. The van der Waals surface area contributed by atoms with Gasteiger partial charge in [0.05, 0.1) is 12.0 Å². The van der Waals surface area contributed by atoms with E-state index in [1.807, 2.05) is 0 Å². The lowest BCUT2D eigenvalue weighted by Gasteiger charge is -2.25. The Kier molecular flexibility index (Phi) is 5.57. The molecule has 122 valence electrons. The quantitative estimate of drug-likeness (QED) is 0.847. The average Bonchev–Trinajstić information content (AvgIpc) is 2.35. The Hall–Kier alpha value is -2.05. The van der Waals surface area contributed by atoms with Crippen LogP contribution in [0.15, 0.2) is 24.3 Å². The van der Waals surface area contributed by atoms with Crippen molar-refractivity contribution in [2.75, 3.05) is 0 Å². The number of halogens is 3. The molecule has 1 aromatic rings. The van der Waals surface area contributed by atoms with Crippen molar-refractivity contribution in [1.29, 1.82) is 0 Å². The van der Waals surface area contributed by atoms with E-state index in [0.29, 0.717) is 5.56 Å². The van der Waals surface area contributed by atoms with Crippen LogP contribution in [0.4, 0.5) is 13.2 Å². The van der Waals surface area contributed by atoms with Gasteiger partial charge in [-0.05, 0) is 38.0 Å². The van der Waals surface area contributed by atoms with Crippen LogP contribution in [0.3, 0.4) is 0 Å². The minimum Gasteiger partial charge on any atom is -0.481 e. The van der Waals surface area contributed by atoms with Crippen LogP contribution in [0, 0.1) is 0 Å². The zero-order chi connectivity index (χ0) is 17.0. The number of carboxylic acid groups (broad SMARTS) is 1. The van der Waals surface area contributed by atoms with Crippen LogP contribution in [-0.4, -0.2) is 22.5 Å². The largest absolute Gasteiger partial charge is 0.481 e. The van der Waals surface area contributed by atoms with Crippen molar-refractivity contribution in [3.05, 3.63) is 35.4 Å². The zero-order valence-electron chi connectivity index (χ0n) is 12.3. The first kappa shape index (κ1) is 18.0. The molecule has 0 unspecified atom stereocenters. The third-order valence-corrected chi connectivity index (χ3v) is 3.09. The highest BCUT2D eigenvalue weighted by Gasteiger charge is 2.30. The summed E-state index contributed by atoms with van der Waals surface area (Å²) in [6, 6.07) is 4.37. The number of aliphatic carboxylic acids is 1. The highest BCUT2D eigenvalue weighted by molar-refractivity contribution is 5.79. The third-order valence-electron chi connectivity index (χ3n) is 3.09. The van der Waals surface area contributed by atoms with Crippen molar-refractivity contribution in [3.63, 3.8) is 0 Å². The molecule has 1 rings (SSSR count). The van der Waals surface area contributed by atoms with E-state index < -0.39 is 23.2 Å². The lowest BCUT2D eigenvalue weighted by atomic mass is 9.97. The Morgan fingerprint density at radius 3 is 2.14 bits per heavy atom. The molecule has 0 radical (unpaired) electrons. The minimum atomic E-state index is -4.40. The fourth-order valence-electron chi connectivity index (χ4n) is 1.90. The van der Waals surface area contributed by atoms with E-state index >= 15 is 0 Å². The van der Waals surface area contributed by atoms with Gasteiger partial charge in [-0.25, -0.2) is 0 Å². The fourth-order valence-corrected chi connectivity index (χ4v) is 1.90. The maximum atomic E-state index is 12.4. The molecule has 1 aromatic carbocycles. The van der Waals surface area contributed by atoms with Crippen LogP contribution in [-0.2, 0) is 22.2 Å². The maximum absolute atomic E-state index is 12.4. The van der Waals surface area contributed by atoms with E-state index in [0.717, 1.165) is 12.1 Å². The van der Waals surface area contributed by atoms with E-state index in [2.05, 4.69) is 5.32 Å². The number of benzene rings is 1. The third kappa shape index (κ3) is 6.15. The molecule has 0 bridgehead atoms. The summed E-state index contributed by atoms with van der Waals surface area (Å²) in [4.78, 5) is 22.4.